The summed E-state index contributed by atoms with van der Waals surface area (Å²) < 4.78 is 23.7. The van der Waals surface area contributed by atoms with Crippen molar-refractivity contribution in [1.82, 2.24) is 10.2 Å². The molecule has 1 amide bonds. The summed E-state index contributed by atoms with van der Waals surface area (Å²) in [6.45, 7) is 4.91. The first-order chi connectivity index (χ1) is 13.7. The van der Waals surface area contributed by atoms with E-state index in [1.807, 2.05) is 29.2 Å². The Hall–Kier alpha value is -1.36. The van der Waals surface area contributed by atoms with E-state index in [0.29, 0.717) is 25.6 Å². The fourth-order valence-electron chi connectivity index (χ4n) is 4.03. The Kier molecular flexibility index (Phi) is 8.55. The maximum atomic E-state index is 12.4. The van der Waals surface area contributed by atoms with E-state index in [0.717, 1.165) is 36.9 Å². The molecular formula is C21H33IN4O3S. The van der Waals surface area contributed by atoms with E-state index in [1.54, 1.807) is 20.9 Å². The fraction of sp³-hybridized carbons (Fsp3) is 0.619. The smallest absolute Gasteiger partial charge is 0.227 e. The molecule has 1 heterocycles. The fourth-order valence-corrected chi connectivity index (χ4v) is 5.40. The predicted octanol–water partition coefficient (Wildman–Crippen LogP) is 3.02. The lowest BCUT2D eigenvalue weighted by Crippen LogP contribution is -2.57. The lowest BCUT2D eigenvalue weighted by molar-refractivity contribution is -0.119. The first-order valence-corrected chi connectivity index (χ1v) is 11.9. The number of sulfone groups is 1. The van der Waals surface area contributed by atoms with Gasteiger partial charge >= 0.3 is 0 Å². The number of halogens is 1. The van der Waals surface area contributed by atoms with Crippen molar-refractivity contribution in [2.24, 2.45) is 10.9 Å². The molecular weight excluding hydrogens is 515 g/mol. The van der Waals surface area contributed by atoms with Gasteiger partial charge in [0, 0.05) is 38.3 Å². The highest BCUT2D eigenvalue weighted by Gasteiger charge is 2.40. The summed E-state index contributed by atoms with van der Waals surface area (Å²) in [5.41, 5.74) is 1.83. The van der Waals surface area contributed by atoms with E-state index < -0.39 is 14.6 Å². The highest BCUT2D eigenvalue weighted by molar-refractivity contribution is 14.0. The molecule has 7 nitrogen and oxygen atoms in total. The third-order valence-corrected chi connectivity index (χ3v) is 8.46. The van der Waals surface area contributed by atoms with Crippen LogP contribution in [0.5, 0.6) is 0 Å². The number of hydrogen-bond donors (Lipinski definition) is 2. The van der Waals surface area contributed by atoms with Crippen LogP contribution in [0.2, 0.25) is 0 Å². The van der Waals surface area contributed by atoms with Crippen molar-refractivity contribution >= 4 is 51.4 Å². The Morgan fingerprint density at radius 2 is 1.97 bits per heavy atom. The van der Waals surface area contributed by atoms with Gasteiger partial charge in [-0.05, 0) is 44.4 Å². The third kappa shape index (κ3) is 5.87. The van der Waals surface area contributed by atoms with Crippen LogP contribution >= 0.6 is 24.0 Å². The Bertz CT molecular complexity index is 880. The van der Waals surface area contributed by atoms with Crippen LogP contribution in [-0.2, 0) is 21.2 Å². The SMILES string of the molecule is CN=C(NCc1cccc(NC(=O)C2CCCC2)c1)N1CCS(=O)(=O)C(C)(C)C1.I. The van der Waals surface area contributed by atoms with Crippen LogP contribution in [0.1, 0.15) is 45.1 Å². The number of benzene rings is 1. The number of carbonyl (C=O) groups excluding carboxylic acids is 1. The van der Waals surface area contributed by atoms with Crippen molar-refractivity contribution in [2.75, 3.05) is 31.2 Å². The van der Waals surface area contributed by atoms with E-state index in [4.69, 9.17) is 0 Å². The number of aliphatic imine (C=N–C) groups is 1. The van der Waals surface area contributed by atoms with Gasteiger partial charge in [-0.1, -0.05) is 25.0 Å². The highest BCUT2D eigenvalue weighted by Crippen LogP contribution is 2.26. The number of amides is 1. The predicted molar refractivity (Wildman–Crippen MR) is 132 cm³/mol. The molecule has 2 N–H and O–H groups in total. The van der Waals surface area contributed by atoms with Crippen molar-refractivity contribution in [1.29, 1.82) is 0 Å². The van der Waals surface area contributed by atoms with E-state index in [2.05, 4.69) is 15.6 Å². The Labute approximate surface area is 197 Å². The Balaban J connectivity index is 0.00000320. The minimum absolute atomic E-state index is 0. The Morgan fingerprint density at radius 3 is 2.60 bits per heavy atom. The lowest BCUT2D eigenvalue weighted by atomic mass is 10.1. The molecule has 9 heteroatoms. The molecule has 3 rings (SSSR count). The molecule has 0 unspecified atom stereocenters. The van der Waals surface area contributed by atoms with Crippen LogP contribution in [0, 0.1) is 5.92 Å². The number of anilines is 1. The summed E-state index contributed by atoms with van der Waals surface area (Å²) in [5, 5.41) is 6.36. The summed E-state index contributed by atoms with van der Waals surface area (Å²) in [6.07, 6.45) is 4.22. The number of hydrogen-bond acceptors (Lipinski definition) is 4. The minimum Gasteiger partial charge on any atom is -0.352 e. The first kappa shape index (κ1) is 24.9. The number of nitrogens with zero attached hydrogens (tertiary/aromatic N) is 2. The summed E-state index contributed by atoms with van der Waals surface area (Å²) in [7, 11) is -1.39. The molecule has 1 aliphatic heterocycles. The molecule has 168 valence electrons. The average Bonchev–Trinajstić information content (AvgIpc) is 3.20. The van der Waals surface area contributed by atoms with Gasteiger partial charge in [0.2, 0.25) is 5.91 Å². The van der Waals surface area contributed by atoms with Gasteiger partial charge in [-0.3, -0.25) is 9.79 Å². The largest absolute Gasteiger partial charge is 0.352 e. The van der Waals surface area contributed by atoms with Crippen LogP contribution in [0.4, 0.5) is 5.69 Å². The van der Waals surface area contributed by atoms with Crippen molar-refractivity contribution < 1.29 is 13.2 Å². The second kappa shape index (κ2) is 10.3. The van der Waals surface area contributed by atoms with Crippen molar-refractivity contribution in [3.8, 4) is 0 Å². The van der Waals surface area contributed by atoms with E-state index >= 15 is 0 Å². The van der Waals surface area contributed by atoms with Gasteiger partial charge in [0.25, 0.3) is 0 Å². The van der Waals surface area contributed by atoms with Gasteiger partial charge in [0.15, 0.2) is 15.8 Å². The zero-order chi connectivity index (χ0) is 21.1. The molecule has 0 radical (unpaired) electrons. The summed E-state index contributed by atoms with van der Waals surface area (Å²) in [5.74, 6) is 1.06. The topological polar surface area (TPSA) is 90.9 Å². The summed E-state index contributed by atoms with van der Waals surface area (Å²) in [6, 6.07) is 7.80. The number of guanidine groups is 1. The second-order valence-corrected chi connectivity index (χ2v) is 11.3. The minimum atomic E-state index is -3.09. The zero-order valence-electron chi connectivity index (χ0n) is 18.0. The molecule has 0 aromatic heterocycles. The van der Waals surface area contributed by atoms with E-state index in [-0.39, 0.29) is 41.6 Å². The molecule has 1 saturated carbocycles. The number of nitrogens with one attached hydrogen (secondary N) is 2. The van der Waals surface area contributed by atoms with E-state index in [1.165, 1.54) is 0 Å². The van der Waals surface area contributed by atoms with Crippen LogP contribution in [0.25, 0.3) is 0 Å². The summed E-state index contributed by atoms with van der Waals surface area (Å²) in [4.78, 5) is 18.7. The van der Waals surface area contributed by atoms with Gasteiger partial charge < -0.3 is 15.5 Å². The van der Waals surface area contributed by atoms with Gasteiger partial charge in [-0.25, -0.2) is 8.42 Å². The van der Waals surface area contributed by atoms with Crippen LogP contribution in [-0.4, -0.2) is 55.8 Å². The molecule has 1 aliphatic carbocycles. The lowest BCUT2D eigenvalue weighted by Gasteiger charge is -2.39. The molecule has 0 atom stereocenters. The van der Waals surface area contributed by atoms with Gasteiger partial charge in [-0.15, -0.1) is 24.0 Å². The maximum Gasteiger partial charge on any atom is 0.227 e. The highest BCUT2D eigenvalue weighted by atomic mass is 127. The van der Waals surface area contributed by atoms with Gasteiger partial charge in [0.05, 0.1) is 10.5 Å². The van der Waals surface area contributed by atoms with Gasteiger partial charge in [-0.2, -0.15) is 0 Å². The molecule has 1 aromatic rings. The normalized spacial score (nSPS) is 21.0. The molecule has 0 bridgehead atoms. The van der Waals surface area contributed by atoms with Crippen LogP contribution in [0.3, 0.4) is 0 Å². The van der Waals surface area contributed by atoms with E-state index in [9.17, 15) is 13.2 Å². The van der Waals surface area contributed by atoms with Crippen LogP contribution < -0.4 is 10.6 Å². The molecule has 2 fully saturated rings. The number of rotatable bonds is 4. The summed E-state index contributed by atoms with van der Waals surface area (Å²) >= 11 is 0. The second-order valence-electron chi connectivity index (χ2n) is 8.57. The third-order valence-electron chi connectivity index (χ3n) is 5.93. The molecule has 30 heavy (non-hydrogen) atoms. The molecule has 1 saturated heterocycles. The zero-order valence-corrected chi connectivity index (χ0v) is 21.1. The molecule has 1 aromatic carbocycles. The quantitative estimate of drug-likeness (QED) is 0.343. The standard InChI is InChI=1S/C21H32N4O3S.HI/c1-21(2)15-25(11-12-29(21,27)28)20(22-3)23-14-16-7-6-10-18(13-16)24-19(26)17-8-4-5-9-17;/h6-7,10,13,17H,4-5,8-9,11-12,14-15H2,1-3H3,(H,22,23)(H,24,26);1H. The first-order valence-electron chi connectivity index (χ1n) is 10.3. The van der Waals surface area contributed by atoms with Crippen molar-refractivity contribution in [3.05, 3.63) is 29.8 Å². The monoisotopic (exact) mass is 548 g/mol. The molecule has 0 spiro atoms. The number of carbonyl (C=O) groups is 1. The van der Waals surface area contributed by atoms with Gasteiger partial charge in [0.1, 0.15) is 0 Å². The average molecular weight is 548 g/mol. The Morgan fingerprint density at radius 1 is 1.27 bits per heavy atom. The van der Waals surface area contributed by atoms with Crippen molar-refractivity contribution in [3.63, 3.8) is 0 Å². The molecule has 2 aliphatic rings. The van der Waals surface area contributed by atoms with Crippen LogP contribution in [0.15, 0.2) is 29.3 Å². The van der Waals surface area contributed by atoms with Crippen molar-refractivity contribution in [2.45, 2.75) is 50.8 Å². The maximum absolute atomic E-state index is 12.4.